The van der Waals surface area contributed by atoms with Crippen molar-refractivity contribution in [3.63, 3.8) is 0 Å². The molecule has 0 fully saturated rings. The van der Waals surface area contributed by atoms with E-state index in [4.69, 9.17) is 0 Å². The van der Waals surface area contributed by atoms with Crippen LogP contribution in [0.2, 0.25) is 0 Å². The quantitative estimate of drug-likeness (QED) is 0.657. The third kappa shape index (κ3) is 6.70. The molecular weight excluding hydrogens is 278 g/mol. The van der Waals surface area contributed by atoms with E-state index in [0.717, 1.165) is 31.2 Å². The van der Waals surface area contributed by atoms with Crippen molar-refractivity contribution < 1.29 is 9.59 Å². The maximum absolute atomic E-state index is 12.2. The monoisotopic (exact) mass is 305 g/mol. The summed E-state index contributed by atoms with van der Waals surface area (Å²) in [5, 5.41) is 0. The largest absolute Gasteiger partial charge is 0.344 e. The van der Waals surface area contributed by atoms with E-state index in [-0.39, 0.29) is 18.4 Å². The van der Waals surface area contributed by atoms with Crippen molar-refractivity contribution in [1.29, 1.82) is 0 Å². The highest BCUT2D eigenvalue weighted by atomic mass is 16.2. The van der Waals surface area contributed by atoms with E-state index < -0.39 is 0 Å². The van der Waals surface area contributed by atoms with Crippen LogP contribution in [-0.2, 0) is 16.0 Å². The molecule has 0 bridgehead atoms. The first-order valence-corrected chi connectivity index (χ1v) is 7.93. The van der Waals surface area contributed by atoms with Gasteiger partial charge in [0.15, 0.2) is 0 Å². The summed E-state index contributed by atoms with van der Waals surface area (Å²) in [6, 6.07) is 3.90. The van der Waals surface area contributed by atoms with Gasteiger partial charge in [0.1, 0.15) is 0 Å². The molecule has 0 aliphatic carbocycles. The van der Waals surface area contributed by atoms with Gasteiger partial charge in [-0.15, -0.1) is 0 Å². The van der Waals surface area contributed by atoms with Gasteiger partial charge in [-0.1, -0.05) is 19.8 Å². The van der Waals surface area contributed by atoms with Gasteiger partial charge in [0.25, 0.3) is 0 Å². The summed E-state index contributed by atoms with van der Waals surface area (Å²) in [4.78, 5) is 31.2. The van der Waals surface area contributed by atoms with E-state index in [2.05, 4.69) is 11.9 Å². The van der Waals surface area contributed by atoms with E-state index in [1.807, 2.05) is 12.1 Å². The van der Waals surface area contributed by atoms with Crippen molar-refractivity contribution in [2.75, 3.05) is 26.7 Å². The Balaban J connectivity index is 2.41. The number of nitrogens with zero attached hydrogens (tertiary/aromatic N) is 3. The molecule has 0 saturated heterocycles. The minimum Gasteiger partial charge on any atom is -0.344 e. The number of carbonyl (C=O) groups excluding carboxylic acids is 2. The Kier molecular flexibility index (Phi) is 8.18. The van der Waals surface area contributed by atoms with Crippen LogP contribution in [-0.4, -0.2) is 53.3 Å². The number of likely N-dealkylation sites (N-methyl/N-ethyl adjacent to an activating group) is 1. The zero-order valence-corrected chi connectivity index (χ0v) is 13.9. The number of unbranched alkanes of at least 4 members (excludes halogenated alkanes) is 2. The highest BCUT2D eigenvalue weighted by Gasteiger charge is 2.16. The molecule has 5 nitrogen and oxygen atoms in total. The highest BCUT2D eigenvalue weighted by Crippen LogP contribution is 2.02. The molecule has 0 radical (unpaired) electrons. The number of hydrogen-bond donors (Lipinski definition) is 0. The lowest BCUT2D eigenvalue weighted by Gasteiger charge is -2.24. The maximum atomic E-state index is 12.2. The molecule has 5 heteroatoms. The summed E-state index contributed by atoms with van der Waals surface area (Å²) >= 11 is 0. The van der Waals surface area contributed by atoms with E-state index in [0.29, 0.717) is 13.1 Å². The third-order valence-electron chi connectivity index (χ3n) is 3.71. The Hall–Kier alpha value is -1.91. The van der Waals surface area contributed by atoms with Crippen LogP contribution < -0.4 is 0 Å². The number of aromatic nitrogens is 1. The summed E-state index contributed by atoms with van der Waals surface area (Å²) < 4.78 is 0. The molecule has 0 spiro atoms. The fourth-order valence-electron chi connectivity index (χ4n) is 2.16. The maximum Gasteiger partial charge on any atom is 0.241 e. The smallest absolute Gasteiger partial charge is 0.241 e. The van der Waals surface area contributed by atoms with Gasteiger partial charge >= 0.3 is 0 Å². The summed E-state index contributed by atoms with van der Waals surface area (Å²) in [5.74, 6) is -0.0484. The summed E-state index contributed by atoms with van der Waals surface area (Å²) in [6.07, 6.45) is 7.43. The van der Waals surface area contributed by atoms with E-state index in [1.165, 1.54) is 6.92 Å². The van der Waals surface area contributed by atoms with E-state index >= 15 is 0 Å². The molecule has 0 aliphatic rings. The van der Waals surface area contributed by atoms with Crippen LogP contribution in [0.4, 0.5) is 0 Å². The summed E-state index contributed by atoms with van der Waals surface area (Å²) in [7, 11) is 1.79. The van der Waals surface area contributed by atoms with E-state index in [9.17, 15) is 9.59 Å². The van der Waals surface area contributed by atoms with Gasteiger partial charge in [0.2, 0.25) is 11.8 Å². The van der Waals surface area contributed by atoms with Gasteiger partial charge in [0.05, 0.1) is 6.54 Å². The predicted molar refractivity (Wildman–Crippen MR) is 87.4 cm³/mol. The fraction of sp³-hybridized carbons (Fsp3) is 0.588. The predicted octanol–water partition coefficient (Wildman–Crippen LogP) is 2.12. The van der Waals surface area contributed by atoms with Crippen molar-refractivity contribution in [2.45, 2.75) is 39.5 Å². The Morgan fingerprint density at radius 2 is 1.82 bits per heavy atom. The fourth-order valence-corrected chi connectivity index (χ4v) is 2.16. The highest BCUT2D eigenvalue weighted by molar-refractivity contribution is 5.83. The van der Waals surface area contributed by atoms with Gasteiger partial charge in [-0.05, 0) is 30.5 Å². The molecular formula is C17H27N3O2. The van der Waals surface area contributed by atoms with Gasteiger partial charge in [-0.25, -0.2) is 0 Å². The van der Waals surface area contributed by atoms with Crippen LogP contribution in [0.3, 0.4) is 0 Å². The molecule has 0 saturated carbocycles. The van der Waals surface area contributed by atoms with Crippen LogP contribution in [0.15, 0.2) is 24.5 Å². The number of rotatable bonds is 9. The molecule has 1 heterocycles. The SMILES string of the molecule is CCCCCN(CC(=O)N(C)CCc1ccncc1)C(C)=O. The van der Waals surface area contributed by atoms with E-state index in [1.54, 1.807) is 29.2 Å². The topological polar surface area (TPSA) is 53.5 Å². The number of hydrogen-bond acceptors (Lipinski definition) is 3. The Morgan fingerprint density at radius 1 is 1.14 bits per heavy atom. The van der Waals surface area contributed by atoms with Crippen LogP contribution in [0.5, 0.6) is 0 Å². The standard InChI is InChI=1S/C17H27N3O2/c1-4-5-6-12-20(15(2)21)14-17(22)19(3)13-9-16-7-10-18-11-8-16/h7-8,10-11H,4-6,9,12-14H2,1-3H3. The Labute approximate surface area is 133 Å². The lowest BCUT2D eigenvalue weighted by atomic mass is 10.2. The second kappa shape index (κ2) is 9.92. The minimum atomic E-state index is -0.0352. The van der Waals surface area contributed by atoms with Crippen LogP contribution >= 0.6 is 0 Å². The molecule has 0 N–H and O–H groups in total. The molecule has 122 valence electrons. The summed E-state index contributed by atoms with van der Waals surface area (Å²) in [6.45, 7) is 5.12. The minimum absolute atomic E-state index is 0.0132. The lowest BCUT2D eigenvalue weighted by molar-refractivity contribution is -0.138. The van der Waals surface area contributed by atoms with Gasteiger partial charge in [-0.3, -0.25) is 14.6 Å². The molecule has 0 aliphatic heterocycles. The van der Waals surface area contributed by atoms with Crippen molar-refractivity contribution >= 4 is 11.8 Å². The van der Waals surface area contributed by atoms with Crippen LogP contribution in [0.25, 0.3) is 0 Å². The first-order valence-electron chi connectivity index (χ1n) is 7.93. The molecule has 0 atom stereocenters. The number of pyridine rings is 1. The van der Waals surface area contributed by atoms with Crippen LogP contribution in [0.1, 0.15) is 38.7 Å². The molecule has 1 aromatic heterocycles. The van der Waals surface area contributed by atoms with Gasteiger partial charge < -0.3 is 9.80 Å². The first-order chi connectivity index (χ1) is 10.5. The number of carbonyl (C=O) groups is 2. The molecule has 22 heavy (non-hydrogen) atoms. The zero-order chi connectivity index (χ0) is 16.4. The molecule has 1 aromatic rings. The summed E-state index contributed by atoms with van der Waals surface area (Å²) in [5.41, 5.74) is 1.15. The van der Waals surface area contributed by atoms with Gasteiger partial charge in [-0.2, -0.15) is 0 Å². The average Bonchev–Trinajstić information content (AvgIpc) is 2.52. The third-order valence-corrected chi connectivity index (χ3v) is 3.71. The first kappa shape index (κ1) is 18.1. The Bertz CT molecular complexity index is 462. The van der Waals surface area contributed by atoms with Crippen molar-refractivity contribution in [3.05, 3.63) is 30.1 Å². The second-order valence-corrected chi connectivity index (χ2v) is 5.57. The molecule has 1 rings (SSSR count). The average molecular weight is 305 g/mol. The van der Waals surface area contributed by atoms with Crippen LogP contribution in [0, 0.1) is 0 Å². The number of amides is 2. The van der Waals surface area contributed by atoms with Crippen molar-refractivity contribution in [3.8, 4) is 0 Å². The zero-order valence-electron chi connectivity index (χ0n) is 13.9. The normalized spacial score (nSPS) is 10.3. The molecule has 0 aromatic carbocycles. The van der Waals surface area contributed by atoms with Gasteiger partial charge in [0, 0.05) is 39.5 Å². The second-order valence-electron chi connectivity index (χ2n) is 5.57. The molecule has 2 amide bonds. The molecule has 0 unspecified atom stereocenters. The van der Waals surface area contributed by atoms with Crippen molar-refractivity contribution in [1.82, 2.24) is 14.8 Å². The van der Waals surface area contributed by atoms with Crippen molar-refractivity contribution in [2.24, 2.45) is 0 Å². The Morgan fingerprint density at radius 3 is 2.41 bits per heavy atom. The lowest BCUT2D eigenvalue weighted by Crippen LogP contribution is -2.41.